The van der Waals surface area contributed by atoms with Crippen LogP contribution in [0.15, 0.2) is 41.8 Å². The molecule has 2 aromatic heterocycles. The molecular weight excluding hydrogens is 438 g/mol. The van der Waals surface area contributed by atoms with E-state index in [1.165, 1.54) is 18.5 Å². The maximum atomic E-state index is 12.6. The van der Waals surface area contributed by atoms with E-state index in [0.717, 1.165) is 5.56 Å². The topological polar surface area (TPSA) is 141 Å². The normalized spacial score (nSPS) is 27.1. The largest absolute Gasteiger partial charge is 0.382 e. The second-order valence-corrected chi connectivity index (χ2v) is 9.88. The highest BCUT2D eigenvalue weighted by molar-refractivity contribution is 7.86. The van der Waals surface area contributed by atoms with Crippen molar-refractivity contribution in [3.8, 4) is 0 Å². The van der Waals surface area contributed by atoms with E-state index < -0.39 is 40.4 Å². The number of fused-ring (bicyclic) bond motifs is 2. The SMILES string of the molecule is Cc1ccc(S(=O)(=O)OCC2OC(n3cnc4c(N)ncnc43)[C@@H]3OC(C)(C)O[C@H]23)cc1. The lowest BCUT2D eigenvalue weighted by molar-refractivity contribution is -0.198. The van der Waals surface area contributed by atoms with Crippen molar-refractivity contribution in [1.29, 1.82) is 0 Å². The number of aromatic nitrogens is 4. The smallest absolute Gasteiger partial charge is 0.297 e. The maximum absolute atomic E-state index is 12.6. The van der Waals surface area contributed by atoms with Crippen LogP contribution in [0.25, 0.3) is 11.2 Å². The summed E-state index contributed by atoms with van der Waals surface area (Å²) in [5.41, 5.74) is 7.76. The first kappa shape index (κ1) is 21.2. The van der Waals surface area contributed by atoms with Gasteiger partial charge in [-0.1, -0.05) is 17.7 Å². The van der Waals surface area contributed by atoms with Gasteiger partial charge in [-0.3, -0.25) is 8.75 Å². The number of ether oxygens (including phenoxy) is 3. The van der Waals surface area contributed by atoms with Crippen LogP contribution < -0.4 is 5.73 Å². The van der Waals surface area contributed by atoms with Crippen LogP contribution in [-0.2, 0) is 28.5 Å². The number of rotatable bonds is 5. The quantitative estimate of drug-likeness (QED) is 0.556. The second-order valence-electron chi connectivity index (χ2n) is 8.26. The summed E-state index contributed by atoms with van der Waals surface area (Å²) in [5.74, 6) is -0.633. The molecule has 12 heteroatoms. The van der Waals surface area contributed by atoms with Crippen LogP contribution in [0.5, 0.6) is 0 Å². The Kier molecular flexibility index (Phi) is 4.94. The Morgan fingerprint density at radius 1 is 1.12 bits per heavy atom. The van der Waals surface area contributed by atoms with Gasteiger partial charge in [-0.25, -0.2) is 15.0 Å². The fourth-order valence-electron chi connectivity index (χ4n) is 4.00. The maximum Gasteiger partial charge on any atom is 0.297 e. The third-order valence-electron chi connectivity index (χ3n) is 5.48. The number of nitrogens with two attached hydrogens (primary N) is 1. The number of anilines is 1. The summed E-state index contributed by atoms with van der Waals surface area (Å²) < 4.78 is 50.5. The number of nitrogen functional groups attached to an aromatic ring is 1. The molecule has 0 spiro atoms. The van der Waals surface area contributed by atoms with E-state index in [4.69, 9.17) is 24.1 Å². The molecule has 170 valence electrons. The van der Waals surface area contributed by atoms with E-state index in [1.54, 1.807) is 36.9 Å². The molecule has 2 saturated heterocycles. The molecule has 0 saturated carbocycles. The molecule has 2 aliphatic heterocycles. The summed E-state index contributed by atoms with van der Waals surface area (Å²) in [6.07, 6.45) is 0.417. The summed E-state index contributed by atoms with van der Waals surface area (Å²) in [7, 11) is -3.97. The molecular formula is C20H23N5O6S. The molecule has 1 aromatic carbocycles. The Labute approximate surface area is 184 Å². The molecule has 0 radical (unpaired) electrons. The molecule has 0 bridgehead atoms. The van der Waals surface area contributed by atoms with Crippen LogP contribution in [0.4, 0.5) is 5.82 Å². The minimum Gasteiger partial charge on any atom is -0.382 e. The molecule has 2 fully saturated rings. The minimum absolute atomic E-state index is 0.0749. The van der Waals surface area contributed by atoms with Crippen molar-refractivity contribution in [2.24, 2.45) is 0 Å². The van der Waals surface area contributed by atoms with Crippen molar-refractivity contribution in [3.63, 3.8) is 0 Å². The van der Waals surface area contributed by atoms with Gasteiger partial charge in [-0.2, -0.15) is 8.42 Å². The van der Waals surface area contributed by atoms with E-state index in [9.17, 15) is 8.42 Å². The first-order valence-corrected chi connectivity index (χ1v) is 11.5. The zero-order valence-corrected chi connectivity index (χ0v) is 18.5. The third kappa shape index (κ3) is 3.63. The lowest BCUT2D eigenvalue weighted by Gasteiger charge is -2.24. The summed E-state index contributed by atoms with van der Waals surface area (Å²) in [5, 5.41) is 0. The van der Waals surface area contributed by atoms with Crippen molar-refractivity contribution in [1.82, 2.24) is 19.5 Å². The van der Waals surface area contributed by atoms with E-state index in [0.29, 0.717) is 11.2 Å². The number of benzene rings is 1. The van der Waals surface area contributed by atoms with Crippen LogP contribution in [0.3, 0.4) is 0 Å². The highest BCUT2D eigenvalue weighted by atomic mass is 32.2. The van der Waals surface area contributed by atoms with Gasteiger partial charge in [-0.15, -0.1) is 0 Å². The Hall–Kier alpha value is -2.64. The Morgan fingerprint density at radius 3 is 2.59 bits per heavy atom. The first-order chi connectivity index (χ1) is 15.1. The summed E-state index contributed by atoms with van der Waals surface area (Å²) in [6.45, 7) is 5.21. The van der Waals surface area contributed by atoms with Crippen molar-refractivity contribution >= 4 is 27.1 Å². The number of imidazole rings is 1. The van der Waals surface area contributed by atoms with E-state index in [-0.39, 0.29) is 17.3 Å². The predicted octanol–water partition coefficient (Wildman–Crippen LogP) is 1.54. The van der Waals surface area contributed by atoms with Gasteiger partial charge in [0.2, 0.25) is 0 Å². The molecule has 0 aliphatic carbocycles. The summed E-state index contributed by atoms with van der Waals surface area (Å²) >= 11 is 0. The van der Waals surface area contributed by atoms with Gasteiger partial charge < -0.3 is 19.9 Å². The molecule has 32 heavy (non-hydrogen) atoms. The standard InChI is InChI=1S/C20H23N5O6S/c1-11-4-6-12(7-5-11)32(26,27)28-8-13-15-16(31-20(2,3)30-15)19(29-13)25-10-24-14-17(21)22-9-23-18(14)25/h4-7,9-10,13,15-16,19H,8H2,1-3H3,(H2,21,22,23)/t13?,15-,16-,19?/m1/s1. The van der Waals surface area contributed by atoms with E-state index >= 15 is 0 Å². The molecule has 4 atom stereocenters. The van der Waals surface area contributed by atoms with Gasteiger partial charge >= 0.3 is 0 Å². The van der Waals surface area contributed by atoms with Crippen LogP contribution in [0.1, 0.15) is 25.6 Å². The van der Waals surface area contributed by atoms with Gasteiger partial charge in [0, 0.05) is 0 Å². The van der Waals surface area contributed by atoms with Crippen LogP contribution in [0.2, 0.25) is 0 Å². The van der Waals surface area contributed by atoms with Crippen LogP contribution in [0, 0.1) is 6.92 Å². The zero-order valence-electron chi connectivity index (χ0n) is 17.7. The van der Waals surface area contributed by atoms with Gasteiger partial charge in [-0.05, 0) is 32.9 Å². The minimum atomic E-state index is -3.97. The number of nitrogens with zero attached hydrogens (tertiary/aromatic N) is 4. The van der Waals surface area contributed by atoms with Gasteiger partial charge in [0.1, 0.15) is 30.2 Å². The highest BCUT2D eigenvalue weighted by Crippen LogP contribution is 2.44. The number of aryl methyl sites for hydroxylation is 1. The molecule has 0 amide bonds. The lowest BCUT2D eigenvalue weighted by atomic mass is 10.1. The fourth-order valence-corrected chi connectivity index (χ4v) is 4.92. The van der Waals surface area contributed by atoms with Gasteiger partial charge in [0.25, 0.3) is 10.1 Å². The average Bonchev–Trinajstić information content (AvgIpc) is 3.38. The third-order valence-corrected chi connectivity index (χ3v) is 6.78. The average molecular weight is 462 g/mol. The van der Waals surface area contributed by atoms with Crippen molar-refractivity contribution in [3.05, 3.63) is 42.5 Å². The Balaban J connectivity index is 1.41. The van der Waals surface area contributed by atoms with E-state index in [1.807, 2.05) is 6.92 Å². The predicted molar refractivity (Wildman–Crippen MR) is 112 cm³/mol. The Bertz CT molecular complexity index is 1260. The van der Waals surface area contributed by atoms with Crippen LogP contribution >= 0.6 is 0 Å². The molecule has 11 nitrogen and oxygen atoms in total. The van der Waals surface area contributed by atoms with Gasteiger partial charge in [0.15, 0.2) is 23.5 Å². The summed E-state index contributed by atoms with van der Waals surface area (Å²) in [6, 6.07) is 6.43. The molecule has 3 aromatic rings. The number of hydrogen-bond donors (Lipinski definition) is 1. The highest BCUT2D eigenvalue weighted by Gasteiger charge is 2.56. The molecule has 2 unspecified atom stereocenters. The monoisotopic (exact) mass is 461 g/mol. The van der Waals surface area contributed by atoms with E-state index in [2.05, 4.69) is 15.0 Å². The Morgan fingerprint density at radius 2 is 1.84 bits per heavy atom. The summed E-state index contributed by atoms with van der Waals surface area (Å²) in [4.78, 5) is 12.6. The van der Waals surface area contributed by atoms with Crippen LogP contribution in [-0.4, -0.2) is 58.6 Å². The zero-order chi connectivity index (χ0) is 22.7. The molecule has 2 N–H and O–H groups in total. The van der Waals surface area contributed by atoms with Gasteiger partial charge in [0.05, 0.1) is 17.8 Å². The van der Waals surface area contributed by atoms with Crippen molar-refractivity contribution < 1.29 is 26.8 Å². The molecule has 2 aliphatic rings. The molecule has 5 rings (SSSR count). The lowest BCUT2D eigenvalue weighted by Crippen LogP contribution is -2.33. The van der Waals surface area contributed by atoms with Crippen molar-refractivity contribution in [2.45, 2.75) is 56.0 Å². The number of hydrogen-bond acceptors (Lipinski definition) is 10. The molecule has 4 heterocycles. The fraction of sp³-hybridized carbons (Fsp3) is 0.450. The second kappa shape index (κ2) is 7.46. The van der Waals surface area contributed by atoms with Crippen molar-refractivity contribution in [2.75, 3.05) is 12.3 Å². The first-order valence-electron chi connectivity index (χ1n) is 10.0.